The van der Waals surface area contributed by atoms with E-state index in [0.29, 0.717) is 5.13 Å². The molecule has 1 N–H and O–H groups in total. The van der Waals surface area contributed by atoms with Gasteiger partial charge in [-0.15, -0.1) is 11.3 Å². The molecule has 21 heavy (non-hydrogen) atoms. The molecule has 1 atom stereocenters. The first-order chi connectivity index (χ1) is 10.2. The fourth-order valence-electron chi connectivity index (χ4n) is 1.84. The second kappa shape index (κ2) is 6.24. The van der Waals surface area contributed by atoms with Crippen molar-refractivity contribution >= 4 is 45.0 Å². The largest absolute Gasteiger partial charge is 0.301 e. The molecule has 2 aromatic heterocycles. The average molecular weight is 315 g/mol. The minimum Gasteiger partial charge on any atom is -0.301 e. The maximum Gasteiger partial charge on any atom is 0.239 e. The predicted octanol–water partition coefficient (Wildman–Crippen LogP) is 3.81. The lowest BCUT2D eigenvalue weighted by molar-refractivity contribution is -0.115. The maximum absolute atomic E-state index is 12.1. The zero-order chi connectivity index (χ0) is 14.7. The molecule has 0 unspecified atom stereocenters. The Labute approximate surface area is 130 Å². The van der Waals surface area contributed by atoms with Gasteiger partial charge >= 0.3 is 0 Å². The van der Waals surface area contributed by atoms with Gasteiger partial charge in [-0.05, 0) is 19.1 Å². The quantitative estimate of drug-likeness (QED) is 0.744. The minimum atomic E-state index is -0.234. The zero-order valence-electron chi connectivity index (χ0n) is 11.3. The monoisotopic (exact) mass is 315 g/mol. The number of carbonyl (C=O) groups is 1. The number of hydrogen-bond donors (Lipinski definition) is 1. The van der Waals surface area contributed by atoms with Crippen molar-refractivity contribution in [3.8, 4) is 0 Å². The van der Waals surface area contributed by atoms with E-state index in [0.717, 1.165) is 15.9 Å². The third kappa shape index (κ3) is 3.40. The highest BCUT2D eigenvalue weighted by atomic mass is 32.2. The topological polar surface area (TPSA) is 54.9 Å². The Morgan fingerprint density at radius 3 is 2.95 bits per heavy atom. The molecular weight excluding hydrogens is 302 g/mol. The first-order valence-electron chi connectivity index (χ1n) is 6.45. The summed E-state index contributed by atoms with van der Waals surface area (Å²) in [4.78, 5) is 20.7. The summed E-state index contributed by atoms with van der Waals surface area (Å²) in [6, 6.07) is 11.9. The van der Waals surface area contributed by atoms with Crippen LogP contribution in [0.25, 0.3) is 10.9 Å². The normalized spacial score (nSPS) is 12.2. The number of carbonyl (C=O) groups excluding carboxylic acids is 1. The number of amides is 1. The summed E-state index contributed by atoms with van der Waals surface area (Å²) in [5.41, 5.74) is 0.940. The molecule has 3 aromatic rings. The molecule has 0 spiro atoms. The van der Waals surface area contributed by atoms with E-state index in [9.17, 15) is 4.79 Å². The molecule has 6 heteroatoms. The van der Waals surface area contributed by atoms with Crippen LogP contribution in [0.15, 0.2) is 53.0 Å². The number of thiazole rings is 1. The smallest absolute Gasteiger partial charge is 0.239 e. The van der Waals surface area contributed by atoms with Crippen LogP contribution in [-0.4, -0.2) is 21.1 Å². The van der Waals surface area contributed by atoms with E-state index >= 15 is 0 Å². The second-order valence-electron chi connectivity index (χ2n) is 4.43. The number of hydrogen-bond acceptors (Lipinski definition) is 5. The van der Waals surface area contributed by atoms with Crippen LogP contribution >= 0.6 is 23.1 Å². The summed E-state index contributed by atoms with van der Waals surface area (Å²) in [6.07, 6.45) is 1.67. The fraction of sp³-hybridized carbons (Fsp3) is 0.133. The third-order valence-corrected chi connectivity index (χ3v) is 4.63. The number of nitrogens with one attached hydrogen (secondary N) is 1. The summed E-state index contributed by atoms with van der Waals surface area (Å²) in [7, 11) is 0. The number of thioether (sulfide) groups is 1. The van der Waals surface area contributed by atoms with Gasteiger partial charge in [-0.3, -0.25) is 4.79 Å². The van der Waals surface area contributed by atoms with Gasteiger partial charge in [-0.25, -0.2) is 9.97 Å². The van der Waals surface area contributed by atoms with Gasteiger partial charge in [0.1, 0.15) is 0 Å². The van der Waals surface area contributed by atoms with E-state index in [1.165, 1.54) is 23.1 Å². The van der Waals surface area contributed by atoms with E-state index in [1.54, 1.807) is 6.20 Å². The van der Waals surface area contributed by atoms with Crippen molar-refractivity contribution < 1.29 is 4.79 Å². The fourth-order valence-corrected chi connectivity index (χ4v) is 3.20. The van der Waals surface area contributed by atoms with Gasteiger partial charge in [0, 0.05) is 17.0 Å². The molecule has 0 bridgehead atoms. The van der Waals surface area contributed by atoms with Gasteiger partial charge in [0.05, 0.1) is 15.8 Å². The summed E-state index contributed by atoms with van der Waals surface area (Å²) < 4.78 is 0. The van der Waals surface area contributed by atoms with Gasteiger partial charge in [-0.1, -0.05) is 36.0 Å². The number of pyridine rings is 1. The van der Waals surface area contributed by atoms with Crippen LogP contribution in [0.2, 0.25) is 0 Å². The molecule has 0 saturated heterocycles. The summed E-state index contributed by atoms with van der Waals surface area (Å²) >= 11 is 2.85. The predicted molar refractivity (Wildman–Crippen MR) is 87.8 cm³/mol. The molecule has 0 radical (unpaired) electrons. The summed E-state index contributed by atoms with van der Waals surface area (Å²) in [5, 5.41) is 6.96. The highest BCUT2D eigenvalue weighted by Gasteiger charge is 2.16. The van der Waals surface area contributed by atoms with E-state index < -0.39 is 0 Å². The van der Waals surface area contributed by atoms with Crippen molar-refractivity contribution in [3.05, 3.63) is 48.0 Å². The standard InChI is InChI=1S/C15H13N3OS2/c1-10(14(19)18-15-16-8-9-20-15)21-13-7-6-11-4-2-3-5-12(11)17-13/h2-10H,1H3,(H,16,18,19)/t10-/m0/s1. The molecule has 0 saturated carbocycles. The van der Waals surface area contributed by atoms with Crippen molar-refractivity contribution in [1.29, 1.82) is 0 Å². The third-order valence-electron chi connectivity index (χ3n) is 2.90. The lowest BCUT2D eigenvalue weighted by Gasteiger charge is -2.10. The lowest BCUT2D eigenvalue weighted by atomic mass is 10.2. The molecule has 2 heterocycles. The molecule has 0 aliphatic heterocycles. The van der Waals surface area contributed by atoms with Gasteiger partial charge in [0.15, 0.2) is 5.13 Å². The number of rotatable bonds is 4. The van der Waals surface area contributed by atoms with Gasteiger partial charge in [0.25, 0.3) is 0 Å². The van der Waals surface area contributed by atoms with Gasteiger partial charge < -0.3 is 5.32 Å². The first kappa shape index (κ1) is 14.0. The molecule has 4 nitrogen and oxygen atoms in total. The van der Waals surface area contributed by atoms with Crippen LogP contribution in [0.5, 0.6) is 0 Å². The molecule has 0 aliphatic carbocycles. The second-order valence-corrected chi connectivity index (χ2v) is 6.68. The number of nitrogens with zero attached hydrogens (tertiary/aromatic N) is 2. The Balaban J connectivity index is 1.70. The summed E-state index contributed by atoms with van der Waals surface area (Å²) in [5.74, 6) is -0.0649. The number of fused-ring (bicyclic) bond motifs is 1. The van der Waals surface area contributed by atoms with Crippen LogP contribution in [0.3, 0.4) is 0 Å². The molecule has 1 aromatic carbocycles. The van der Waals surface area contributed by atoms with Crippen LogP contribution in [-0.2, 0) is 4.79 Å². The Kier molecular flexibility index (Phi) is 4.17. The van der Waals surface area contributed by atoms with E-state index in [4.69, 9.17) is 0 Å². The highest BCUT2D eigenvalue weighted by molar-refractivity contribution is 8.00. The molecular formula is C15H13N3OS2. The van der Waals surface area contributed by atoms with E-state index in [1.807, 2.05) is 48.7 Å². The lowest BCUT2D eigenvalue weighted by Crippen LogP contribution is -2.22. The van der Waals surface area contributed by atoms with Crippen molar-refractivity contribution in [2.75, 3.05) is 5.32 Å². The Morgan fingerprint density at radius 1 is 1.29 bits per heavy atom. The Hall–Kier alpha value is -1.92. The molecule has 3 rings (SSSR count). The Bertz CT molecular complexity index is 758. The molecule has 106 valence electrons. The molecule has 0 fully saturated rings. The van der Waals surface area contributed by atoms with Gasteiger partial charge in [0.2, 0.25) is 5.91 Å². The van der Waals surface area contributed by atoms with Crippen molar-refractivity contribution in [1.82, 2.24) is 9.97 Å². The van der Waals surface area contributed by atoms with Crippen LogP contribution < -0.4 is 5.32 Å². The SMILES string of the molecule is C[C@H](Sc1ccc2ccccc2n1)C(=O)Nc1nccs1. The number of aromatic nitrogens is 2. The average Bonchev–Trinajstić information content (AvgIpc) is 3.00. The number of benzene rings is 1. The number of para-hydroxylation sites is 1. The molecule has 1 amide bonds. The first-order valence-corrected chi connectivity index (χ1v) is 8.21. The number of anilines is 1. The zero-order valence-corrected chi connectivity index (χ0v) is 12.9. The van der Waals surface area contributed by atoms with Gasteiger partial charge in [-0.2, -0.15) is 0 Å². The van der Waals surface area contributed by atoms with Crippen LogP contribution in [0, 0.1) is 0 Å². The molecule has 0 aliphatic rings. The minimum absolute atomic E-state index is 0.0649. The van der Waals surface area contributed by atoms with Crippen LogP contribution in [0.1, 0.15) is 6.92 Å². The van der Waals surface area contributed by atoms with Crippen molar-refractivity contribution in [3.63, 3.8) is 0 Å². The highest BCUT2D eigenvalue weighted by Crippen LogP contribution is 2.25. The maximum atomic E-state index is 12.1. The van der Waals surface area contributed by atoms with Crippen molar-refractivity contribution in [2.45, 2.75) is 17.2 Å². The van der Waals surface area contributed by atoms with Crippen molar-refractivity contribution in [2.24, 2.45) is 0 Å². The summed E-state index contributed by atoms with van der Waals surface area (Å²) in [6.45, 7) is 1.87. The Morgan fingerprint density at radius 2 is 2.14 bits per heavy atom. The van der Waals surface area contributed by atoms with E-state index in [-0.39, 0.29) is 11.2 Å². The van der Waals surface area contributed by atoms with Crippen LogP contribution in [0.4, 0.5) is 5.13 Å². The van der Waals surface area contributed by atoms with E-state index in [2.05, 4.69) is 15.3 Å².